The number of hydrogen-bond donors (Lipinski definition) is 2. The van der Waals surface area contributed by atoms with Crippen LogP contribution in [0.1, 0.15) is 5.56 Å². The summed E-state index contributed by atoms with van der Waals surface area (Å²) in [6.45, 7) is 2.86. The van der Waals surface area contributed by atoms with Gasteiger partial charge in [0.05, 0.1) is 16.1 Å². The molecule has 1 aromatic carbocycles. The normalized spacial score (nSPS) is 16.7. The standard InChI is InChI=1S/C19H21Cl2F3N6O/c1-29-4-6-30(7-5-29)13(11-31)9-25-17-14(19(22,23)24)10-26-18(28-17)27-12-2-3-15(20)16(21)8-12/h2-3,8,10-11,13H,4-7,9H2,1H3,(H2,25,26,27,28). The third-order valence-electron chi connectivity index (χ3n) is 4.91. The van der Waals surface area contributed by atoms with Crippen molar-refractivity contribution in [3.8, 4) is 0 Å². The summed E-state index contributed by atoms with van der Waals surface area (Å²) in [4.78, 5) is 23.4. The number of carbonyl (C=O) groups excluding carboxylic acids is 1. The van der Waals surface area contributed by atoms with E-state index in [-0.39, 0.29) is 17.5 Å². The van der Waals surface area contributed by atoms with Crippen LogP contribution >= 0.6 is 23.2 Å². The van der Waals surface area contributed by atoms with Crippen molar-refractivity contribution in [3.05, 3.63) is 40.0 Å². The van der Waals surface area contributed by atoms with Crippen LogP contribution < -0.4 is 10.6 Å². The highest BCUT2D eigenvalue weighted by molar-refractivity contribution is 6.42. The molecule has 7 nitrogen and oxygen atoms in total. The third-order valence-corrected chi connectivity index (χ3v) is 5.65. The molecule has 3 rings (SSSR count). The fraction of sp³-hybridized carbons (Fsp3) is 0.421. The third kappa shape index (κ3) is 6.19. The maximum absolute atomic E-state index is 13.5. The Labute approximate surface area is 187 Å². The topological polar surface area (TPSA) is 73.4 Å². The number of carbonyl (C=O) groups is 1. The predicted molar refractivity (Wildman–Crippen MR) is 114 cm³/mol. The molecule has 1 aromatic heterocycles. The van der Waals surface area contributed by atoms with Crippen molar-refractivity contribution in [2.24, 2.45) is 0 Å². The zero-order valence-electron chi connectivity index (χ0n) is 16.6. The van der Waals surface area contributed by atoms with E-state index < -0.39 is 23.6 Å². The van der Waals surface area contributed by atoms with Gasteiger partial charge in [0, 0.05) is 44.6 Å². The first-order valence-electron chi connectivity index (χ1n) is 9.45. The van der Waals surface area contributed by atoms with E-state index in [1.807, 2.05) is 11.9 Å². The molecule has 1 fully saturated rings. The molecule has 0 radical (unpaired) electrons. The van der Waals surface area contributed by atoms with Crippen LogP contribution in [0.25, 0.3) is 0 Å². The van der Waals surface area contributed by atoms with Gasteiger partial charge in [-0.1, -0.05) is 23.2 Å². The highest BCUT2D eigenvalue weighted by Crippen LogP contribution is 2.34. The molecule has 2 N–H and O–H groups in total. The SMILES string of the molecule is CN1CCN(C(C=O)CNc2nc(Nc3ccc(Cl)c(Cl)c3)ncc2C(F)(F)F)CC1. The molecule has 0 bridgehead atoms. The first kappa shape index (κ1) is 23.5. The second-order valence-corrected chi connectivity index (χ2v) is 7.95. The summed E-state index contributed by atoms with van der Waals surface area (Å²) in [5.41, 5.74) is -0.557. The predicted octanol–water partition coefficient (Wildman–Crippen LogP) is 3.77. The highest BCUT2D eigenvalue weighted by atomic mass is 35.5. The number of nitrogens with one attached hydrogen (secondary N) is 2. The van der Waals surface area contributed by atoms with E-state index in [0.29, 0.717) is 30.0 Å². The molecule has 1 saturated heterocycles. The van der Waals surface area contributed by atoms with E-state index in [1.54, 1.807) is 12.1 Å². The van der Waals surface area contributed by atoms with E-state index in [4.69, 9.17) is 23.2 Å². The summed E-state index contributed by atoms with van der Waals surface area (Å²) >= 11 is 11.8. The number of benzene rings is 1. The van der Waals surface area contributed by atoms with Gasteiger partial charge in [-0.3, -0.25) is 4.90 Å². The lowest BCUT2D eigenvalue weighted by atomic mass is 10.2. The Morgan fingerprint density at radius 2 is 1.90 bits per heavy atom. The molecule has 1 aliphatic rings. The van der Waals surface area contributed by atoms with Crippen LogP contribution in [0.2, 0.25) is 10.0 Å². The van der Waals surface area contributed by atoms with Crippen molar-refractivity contribution >= 4 is 46.9 Å². The molecule has 0 spiro atoms. The molecule has 1 atom stereocenters. The number of aldehydes is 1. The number of alkyl halides is 3. The Morgan fingerprint density at radius 3 is 2.52 bits per heavy atom. The van der Waals surface area contributed by atoms with E-state index in [2.05, 4.69) is 25.5 Å². The molecule has 0 amide bonds. The minimum Gasteiger partial charge on any atom is -0.367 e. The zero-order chi connectivity index (χ0) is 22.6. The van der Waals surface area contributed by atoms with Gasteiger partial charge in [-0.25, -0.2) is 4.98 Å². The van der Waals surface area contributed by atoms with Gasteiger partial charge in [0.15, 0.2) is 0 Å². The van der Waals surface area contributed by atoms with Crippen LogP contribution in [0.4, 0.5) is 30.6 Å². The van der Waals surface area contributed by atoms with Crippen LogP contribution in [-0.4, -0.2) is 71.9 Å². The monoisotopic (exact) mass is 476 g/mol. The molecule has 2 aromatic rings. The van der Waals surface area contributed by atoms with Gasteiger partial charge in [0.1, 0.15) is 17.7 Å². The Hall–Kier alpha value is -2.14. The zero-order valence-corrected chi connectivity index (χ0v) is 18.1. The number of hydrogen-bond acceptors (Lipinski definition) is 7. The average Bonchev–Trinajstić information content (AvgIpc) is 2.72. The maximum atomic E-state index is 13.5. The minimum absolute atomic E-state index is 0.0144. The smallest absolute Gasteiger partial charge is 0.367 e. The van der Waals surface area contributed by atoms with Crippen molar-refractivity contribution in [2.75, 3.05) is 50.4 Å². The van der Waals surface area contributed by atoms with Crippen LogP contribution in [-0.2, 0) is 11.0 Å². The molecular formula is C19H21Cl2F3N6O. The van der Waals surface area contributed by atoms with Crippen molar-refractivity contribution in [1.29, 1.82) is 0 Å². The Kier molecular flexibility index (Phi) is 7.58. The summed E-state index contributed by atoms with van der Waals surface area (Å²) in [6, 6.07) is 4.07. The number of halogens is 5. The van der Waals surface area contributed by atoms with E-state index >= 15 is 0 Å². The number of likely N-dealkylation sites (N-methyl/N-ethyl adjacent to an activating group) is 1. The minimum atomic E-state index is -4.66. The Morgan fingerprint density at radius 1 is 1.19 bits per heavy atom. The van der Waals surface area contributed by atoms with Crippen molar-refractivity contribution in [1.82, 2.24) is 19.8 Å². The van der Waals surface area contributed by atoms with Gasteiger partial charge in [0.25, 0.3) is 0 Å². The number of nitrogens with zero attached hydrogens (tertiary/aromatic N) is 4. The van der Waals surface area contributed by atoms with E-state index in [0.717, 1.165) is 19.4 Å². The number of anilines is 3. The molecule has 12 heteroatoms. The van der Waals surface area contributed by atoms with Crippen molar-refractivity contribution < 1.29 is 18.0 Å². The quantitative estimate of drug-likeness (QED) is 0.589. The first-order valence-corrected chi connectivity index (χ1v) is 10.2. The lowest BCUT2D eigenvalue weighted by Gasteiger charge is -2.35. The molecule has 168 valence electrons. The summed E-state index contributed by atoms with van der Waals surface area (Å²) in [6.07, 6.45) is -3.22. The first-order chi connectivity index (χ1) is 14.7. The molecule has 0 aliphatic carbocycles. The summed E-state index contributed by atoms with van der Waals surface area (Å²) in [5.74, 6) is -0.470. The van der Waals surface area contributed by atoms with Gasteiger partial charge in [0.2, 0.25) is 5.95 Å². The largest absolute Gasteiger partial charge is 0.421 e. The van der Waals surface area contributed by atoms with Gasteiger partial charge in [-0.15, -0.1) is 0 Å². The second kappa shape index (κ2) is 9.99. The maximum Gasteiger partial charge on any atom is 0.421 e. The molecular weight excluding hydrogens is 456 g/mol. The van der Waals surface area contributed by atoms with Crippen LogP contribution in [0, 0.1) is 0 Å². The lowest BCUT2D eigenvalue weighted by Crippen LogP contribution is -2.51. The molecule has 1 aliphatic heterocycles. The summed E-state index contributed by atoms with van der Waals surface area (Å²) in [5, 5.41) is 6.10. The Bertz CT molecular complexity index is 922. The fourth-order valence-corrected chi connectivity index (χ4v) is 3.40. The summed E-state index contributed by atoms with van der Waals surface area (Å²) in [7, 11) is 1.98. The number of rotatable bonds is 7. The number of aromatic nitrogens is 2. The van der Waals surface area contributed by atoms with Crippen LogP contribution in [0.15, 0.2) is 24.4 Å². The molecule has 31 heavy (non-hydrogen) atoms. The molecule has 0 saturated carbocycles. The molecule has 1 unspecified atom stereocenters. The van der Waals surface area contributed by atoms with E-state index in [1.165, 1.54) is 6.07 Å². The lowest BCUT2D eigenvalue weighted by molar-refractivity contribution is -0.137. The molecule has 2 heterocycles. The van der Waals surface area contributed by atoms with Crippen LogP contribution in [0.5, 0.6) is 0 Å². The van der Waals surface area contributed by atoms with E-state index in [9.17, 15) is 18.0 Å². The average molecular weight is 477 g/mol. The van der Waals surface area contributed by atoms with Gasteiger partial charge < -0.3 is 20.3 Å². The van der Waals surface area contributed by atoms with Crippen LogP contribution in [0.3, 0.4) is 0 Å². The Balaban J connectivity index is 1.78. The second-order valence-electron chi connectivity index (χ2n) is 7.13. The summed E-state index contributed by atoms with van der Waals surface area (Å²) < 4.78 is 40.4. The fourth-order valence-electron chi connectivity index (χ4n) is 3.11. The highest BCUT2D eigenvalue weighted by Gasteiger charge is 2.35. The van der Waals surface area contributed by atoms with Gasteiger partial charge >= 0.3 is 6.18 Å². The van der Waals surface area contributed by atoms with Crippen molar-refractivity contribution in [2.45, 2.75) is 12.2 Å². The van der Waals surface area contributed by atoms with Gasteiger partial charge in [-0.05, 0) is 25.2 Å². The number of piperazine rings is 1. The van der Waals surface area contributed by atoms with Crippen molar-refractivity contribution in [3.63, 3.8) is 0 Å². The van der Waals surface area contributed by atoms with Gasteiger partial charge in [-0.2, -0.15) is 18.2 Å².